The number of hydrogen-bond donors (Lipinski definition) is 3. The summed E-state index contributed by atoms with van der Waals surface area (Å²) in [6.07, 6.45) is 0.510. The van der Waals surface area contributed by atoms with Crippen molar-refractivity contribution < 1.29 is 4.79 Å². The lowest BCUT2D eigenvalue weighted by atomic mass is 10.1. The zero-order valence-corrected chi connectivity index (χ0v) is 10.2. The summed E-state index contributed by atoms with van der Waals surface area (Å²) in [7, 11) is 0. The average molecular weight is 244 g/mol. The van der Waals surface area contributed by atoms with Crippen LogP contribution in [0.25, 0.3) is 0 Å². The van der Waals surface area contributed by atoms with Gasteiger partial charge in [-0.05, 0) is 18.9 Å². The van der Waals surface area contributed by atoms with Crippen LogP contribution in [0, 0.1) is 6.92 Å². The van der Waals surface area contributed by atoms with Crippen molar-refractivity contribution in [3.05, 3.63) is 47.7 Å². The van der Waals surface area contributed by atoms with E-state index in [1.165, 1.54) is 0 Å². The fourth-order valence-electron chi connectivity index (χ4n) is 1.66. The molecule has 0 aliphatic heterocycles. The topological polar surface area (TPSA) is 83.8 Å². The van der Waals surface area contributed by atoms with Gasteiger partial charge < -0.3 is 11.1 Å². The maximum Gasteiger partial charge on any atom is 0.242 e. The summed E-state index contributed by atoms with van der Waals surface area (Å²) in [6.45, 7) is 1.87. The molecule has 1 heterocycles. The van der Waals surface area contributed by atoms with Crippen LogP contribution in [-0.2, 0) is 11.2 Å². The molecule has 4 N–H and O–H groups in total. The van der Waals surface area contributed by atoms with Crippen LogP contribution in [0.2, 0.25) is 0 Å². The number of anilines is 1. The van der Waals surface area contributed by atoms with Crippen LogP contribution in [0.1, 0.15) is 11.3 Å². The van der Waals surface area contributed by atoms with Gasteiger partial charge in [-0.15, -0.1) is 0 Å². The van der Waals surface area contributed by atoms with E-state index in [1.54, 1.807) is 6.07 Å². The van der Waals surface area contributed by atoms with Gasteiger partial charge in [0.2, 0.25) is 5.91 Å². The molecule has 1 aromatic heterocycles. The SMILES string of the molecule is Cc1cc(NC(=O)C(N)Cc2ccccc2)n[nH]1. The predicted octanol–water partition coefficient (Wildman–Crippen LogP) is 1.23. The summed E-state index contributed by atoms with van der Waals surface area (Å²) in [5.41, 5.74) is 7.78. The number of aromatic amines is 1. The number of benzene rings is 1. The summed E-state index contributed by atoms with van der Waals surface area (Å²) in [5.74, 6) is 0.270. The Kier molecular flexibility index (Phi) is 3.74. The van der Waals surface area contributed by atoms with E-state index in [9.17, 15) is 4.79 Å². The largest absolute Gasteiger partial charge is 0.320 e. The molecule has 0 fully saturated rings. The van der Waals surface area contributed by atoms with Gasteiger partial charge in [-0.1, -0.05) is 30.3 Å². The van der Waals surface area contributed by atoms with Crippen LogP contribution in [-0.4, -0.2) is 22.1 Å². The predicted molar refractivity (Wildman–Crippen MR) is 70.1 cm³/mol. The summed E-state index contributed by atoms with van der Waals surface area (Å²) >= 11 is 0. The van der Waals surface area contributed by atoms with Crippen molar-refractivity contribution in [2.45, 2.75) is 19.4 Å². The van der Waals surface area contributed by atoms with Gasteiger partial charge in [0, 0.05) is 11.8 Å². The van der Waals surface area contributed by atoms with Crippen molar-refractivity contribution in [2.75, 3.05) is 5.32 Å². The minimum absolute atomic E-state index is 0.231. The number of carbonyl (C=O) groups excluding carboxylic acids is 1. The van der Waals surface area contributed by atoms with Gasteiger partial charge in [-0.3, -0.25) is 9.89 Å². The normalized spacial score (nSPS) is 12.1. The van der Waals surface area contributed by atoms with Crippen LogP contribution >= 0.6 is 0 Å². The zero-order chi connectivity index (χ0) is 13.0. The van der Waals surface area contributed by atoms with Crippen molar-refractivity contribution in [1.82, 2.24) is 10.2 Å². The van der Waals surface area contributed by atoms with Gasteiger partial charge in [0.15, 0.2) is 5.82 Å². The Bertz CT molecular complexity index is 521. The maximum atomic E-state index is 11.8. The minimum Gasteiger partial charge on any atom is -0.320 e. The fourth-order valence-corrected chi connectivity index (χ4v) is 1.66. The van der Waals surface area contributed by atoms with Crippen molar-refractivity contribution in [2.24, 2.45) is 5.73 Å². The molecule has 0 bridgehead atoms. The van der Waals surface area contributed by atoms with E-state index in [0.717, 1.165) is 11.3 Å². The zero-order valence-electron chi connectivity index (χ0n) is 10.2. The third-order valence-corrected chi connectivity index (χ3v) is 2.59. The Morgan fingerprint density at radius 3 is 2.78 bits per heavy atom. The summed E-state index contributed by atoms with van der Waals surface area (Å²) in [5, 5.41) is 9.37. The maximum absolute atomic E-state index is 11.8. The van der Waals surface area contributed by atoms with Crippen molar-refractivity contribution in [3.63, 3.8) is 0 Å². The second-order valence-corrected chi connectivity index (χ2v) is 4.22. The fraction of sp³-hybridized carbons (Fsp3) is 0.231. The van der Waals surface area contributed by atoms with E-state index in [4.69, 9.17) is 5.73 Å². The molecule has 1 aromatic carbocycles. The Morgan fingerprint density at radius 2 is 2.17 bits per heavy atom. The molecule has 1 amide bonds. The molecular weight excluding hydrogens is 228 g/mol. The average Bonchev–Trinajstić information content (AvgIpc) is 2.76. The number of H-pyrrole nitrogens is 1. The number of aryl methyl sites for hydroxylation is 1. The Balaban J connectivity index is 1.93. The smallest absolute Gasteiger partial charge is 0.242 e. The molecule has 0 spiro atoms. The highest BCUT2D eigenvalue weighted by atomic mass is 16.2. The Hall–Kier alpha value is -2.14. The lowest BCUT2D eigenvalue weighted by molar-refractivity contribution is -0.117. The highest BCUT2D eigenvalue weighted by molar-refractivity contribution is 5.94. The molecule has 2 rings (SSSR count). The molecule has 5 heteroatoms. The van der Waals surface area contributed by atoms with Crippen LogP contribution in [0.3, 0.4) is 0 Å². The monoisotopic (exact) mass is 244 g/mol. The molecule has 0 aliphatic rings. The summed E-state index contributed by atoms with van der Waals surface area (Å²) < 4.78 is 0. The quantitative estimate of drug-likeness (QED) is 0.756. The number of nitrogens with one attached hydrogen (secondary N) is 2. The highest BCUT2D eigenvalue weighted by Gasteiger charge is 2.15. The first-order valence-corrected chi connectivity index (χ1v) is 5.77. The molecule has 5 nitrogen and oxygen atoms in total. The highest BCUT2D eigenvalue weighted by Crippen LogP contribution is 2.06. The number of aromatic nitrogens is 2. The first-order chi connectivity index (χ1) is 8.65. The molecule has 1 unspecified atom stereocenters. The molecule has 94 valence electrons. The van der Waals surface area contributed by atoms with Crippen LogP contribution < -0.4 is 11.1 Å². The number of nitrogens with two attached hydrogens (primary N) is 1. The second-order valence-electron chi connectivity index (χ2n) is 4.22. The first kappa shape index (κ1) is 12.3. The molecule has 0 saturated carbocycles. The summed E-state index contributed by atoms with van der Waals surface area (Å²) in [6, 6.07) is 10.9. The van der Waals surface area contributed by atoms with E-state index >= 15 is 0 Å². The minimum atomic E-state index is -0.579. The standard InChI is InChI=1S/C13H16N4O/c1-9-7-12(17-16-9)15-13(18)11(14)8-10-5-3-2-4-6-10/h2-7,11H,8,14H2,1H3,(H2,15,16,17,18). The van der Waals surface area contributed by atoms with Gasteiger partial charge in [-0.25, -0.2) is 0 Å². The van der Waals surface area contributed by atoms with Crippen LogP contribution in [0.5, 0.6) is 0 Å². The molecular formula is C13H16N4O. The summed E-state index contributed by atoms with van der Waals surface area (Å²) in [4.78, 5) is 11.8. The van der Waals surface area contributed by atoms with Gasteiger partial charge in [-0.2, -0.15) is 5.10 Å². The van der Waals surface area contributed by atoms with Crippen molar-refractivity contribution >= 4 is 11.7 Å². The van der Waals surface area contributed by atoms with E-state index in [0.29, 0.717) is 12.2 Å². The number of amides is 1. The molecule has 0 saturated heterocycles. The number of rotatable bonds is 4. The molecule has 1 atom stereocenters. The Labute approximate surface area is 105 Å². The van der Waals surface area contributed by atoms with Gasteiger partial charge in [0.05, 0.1) is 6.04 Å². The molecule has 0 aliphatic carbocycles. The Morgan fingerprint density at radius 1 is 1.44 bits per heavy atom. The lowest BCUT2D eigenvalue weighted by Gasteiger charge is -2.10. The van der Waals surface area contributed by atoms with Crippen molar-refractivity contribution in [1.29, 1.82) is 0 Å². The van der Waals surface area contributed by atoms with Crippen molar-refractivity contribution in [3.8, 4) is 0 Å². The molecule has 0 radical (unpaired) electrons. The third-order valence-electron chi connectivity index (χ3n) is 2.59. The first-order valence-electron chi connectivity index (χ1n) is 5.77. The van der Waals surface area contributed by atoms with E-state index in [1.807, 2.05) is 37.3 Å². The van der Waals surface area contributed by atoms with Crippen LogP contribution in [0.4, 0.5) is 5.82 Å². The van der Waals surface area contributed by atoms with E-state index in [2.05, 4.69) is 15.5 Å². The number of nitrogens with zero attached hydrogens (tertiary/aromatic N) is 1. The lowest BCUT2D eigenvalue weighted by Crippen LogP contribution is -2.37. The molecule has 2 aromatic rings. The molecule has 18 heavy (non-hydrogen) atoms. The second kappa shape index (κ2) is 5.46. The van der Waals surface area contributed by atoms with Gasteiger partial charge in [0.25, 0.3) is 0 Å². The third kappa shape index (κ3) is 3.18. The number of hydrogen-bond acceptors (Lipinski definition) is 3. The number of carbonyl (C=O) groups is 1. The van der Waals surface area contributed by atoms with E-state index < -0.39 is 6.04 Å². The van der Waals surface area contributed by atoms with Gasteiger partial charge in [0.1, 0.15) is 0 Å². The van der Waals surface area contributed by atoms with Gasteiger partial charge >= 0.3 is 0 Å². The van der Waals surface area contributed by atoms with E-state index in [-0.39, 0.29) is 5.91 Å². The van der Waals surface area contributed by atoms with Crippen LogP contribution in [0.15, 0.2) is 36.4 Å².